The Balaban J connectivity index is 1.60. The largest absolute Gasteiger partial charge is 0.353 e. The molecule has 0 aliphatic heterocycles. The third kappa shape index (κ3) is 4.28. The first-order valence-electron chi connectivity index (χ1n) is 8.19. The molecule has 130 valence electrons. The predicted molar refractivity (Wildman–Crippen MR) is 105 cm³/mol. The van der Waals surface area contributed by atoms with Crippen molar-refractivity contribution in [3.05, 3.63) is 64.7 Å². The Labute approximate surface area is 152 Å². The van der Waals surface area contributed by atoms with E-state index in [1.54, 1.807) is 18.4 Å². The molecule has 0 aliphatic carbocycles. The normalized spacial score (nSPS) is 11.6. The minimum atomic E-state index is 0.668. The van der Waals surface area contributed by atoms with Crippen LogP contribution in [0.2, 0.25) is 0 Å². The molecule has 2 aromatic heterocycles. The van der Waals surface area contributed by atoms with Crippen LogP contribution in [0, 0.1) is 0 Å². The Kier molecular flexibility index (Phi) is 5.50. The Morgan fingerprint density at radius 1 is 1.24 bits per heavy atom. The summed E-state index contributed by atoms with van der Waals surface area (Å²) < 4.78 is 2.12. The van der Waals surface area contributed by atoms with Gasteiger partial charge >= 0.3 is 0 Å². The minimum Gasteiger partial charge on any atom is -0.353 e. The van der Waals surface area contributed by atoms with Gasteiger partial charge in [-0.3, -0.25) is 4.99 Å². The van der Waals surface area contributed by atoms with E-state index in [1.807, 2.05) is 25.2 Å². The quantitative estimate of drug-likeness (QED) is 0.565. The average Bonchev–Trinajstić information content (AvgIpc) is 3.26. The van der Waals surface area contributed by atoms with Gasteiger partial charge in [-0.15, -0.1) is 11.3 Å². The average molecular weight is 353 g/mol. The minimum absolute atomic E-state index is 0.668. The Bertz CT molecular complexity index is 834. The lowest BCUT2D eigenvalue weighted by Crippen LogP contribution is -2.38. The van der Waals surface area contributed by atoms with Crippen LogP contribution < -0.4 is 5.32 Å². The van der Waals surface area contributed by atoms with Crippen LogP contribution in [0.1, 0.15) is 10.7 Å². The molecule has 0 saturated heterocycles. The van der Waals surface area contributed by atoms with Crippen molar-refractivity contribution < 1.29 is 0 Å². The van der Waals surface area contributed by atoms with Crippen LogP contribution in [-0.2, 0) is 20.1 Å². The van der Waals surface area contributed by atoms with Gasteiger partial charge in [0.2, 0.25) is 0 Å². The first-order valence-corrected chi connectivity index (χ1v) is 9.07. The van der Waals surface area contributed by atoms with E-state index in [1.165, 1.54) is 5.69 Å². The number of aromatic nitrogens is 2. The maximum Gasteiger partial charge on any atom is 0.194 e. The topological polar surface area (TPSA) is 45.5 Å². The molecule has 2 heterocycles. The Morgan fingerprint density at radius 2 is 2.04 bits per heavy atom. The maximum atomic E-state index is 4.71. The molecule has 0 bridgehead atoms. The number of aryl methyl sites for hydroxylation is 1. The number of guanidine groups is 1. The van der Waals surface area contributed by atoms with E-state index in [2.05, 4.69) is 62.7 Å². The van der Waals surface area contributed by atoms with Gasteiger partial charge < -0.3 is 14.8 Å². The van der Waals surface area contributed by atoms with Gasteiger partial charge in [-0.2, -0.15) is 0 Å². The molecule has 0 radical (unpaired) electrons. The number of hydrogen-bond acceptors (Lipinski definition) is 3. The summed E-state index contributed by atoms with van der Waals surface area (Å²) in [4.78, 5) is 11.2. The van der Waals surface area contributed by atoms with E-state index in [9.17, 15) is 0 Å². The lowest BCUT2D eigenvalue weighted by molar-refractivity contribution is 0.461. The fourth-order valence-electron chi connectivity index (χ4n) is 2.65. The van der Waals surface area contributed by atoms with Gasteiger partial charge in [-0.1, -0.05) is 30.3 Å². The van der Waals surface area contributed by atoms with E-state index in [0.29, 0.717) is 6.54 Å². The first-order chi connectivity index (χ1) is 12.2. The molecule has 1 N–H and O–H groups in total. The molecule has 5 nitrogen and oxygen atoms in total. The Morgan fingerprint density at radius 3 is 2.72 bits per heavy atom. The number of benzene rings is 1. The zero-order chi connectivity index (χ0) is 17.6. The summed E-state index contributed by atoms with van der Waals surface area (Å²) in [5.41, 5.74) is 3.41. The number of aliphatic imine (C=N–C) groups is 1. The molecule has 3 rings (SSSR count). The molecule has 0 atom stereocenters. The van der Waals surface area contributed by atoms with E-state index in [-0.39, 0.29) is 0 Å². The smallest absolute Gasteiger partial charge is 0.194 e. The third-order valence-electron chi connectivity index (χ3n) is 4.04. The highest BCUT2D eigenvalue weighted by atomic mass is 32.1. The number of hydrogen-bond donors (Lipinski definition) is 1. The van der Waals surface area contributed by atoms with Gasteiger partial charge in [0.15, 0.2) is 5.96 Å². The molecule has 0 spiro atoms. The van der Waals surface area contributed by atoms with Crippen molar-refractivity contribution >= 4 is 17.3 Å². The summed E-state index contributed by atoms with van der Waals surface area (Å²) in [7, 11) is 5.90. The van der Waals surface area contributed by atoms with Gasteiger partial charge in [0, 0.05) is 44.0 Å². The number of nitrogens with one attached hydrogen (secondary N) is 1. The summed E-state index contributed by atoms with van der Waals surface area (Å²) in [5, 5.41) is 6.55. The number of rotatable bonds is 5. The summed E-state index contributed by atoms with van der Waals surface area (Å²) in [5.74, 6) is 0.859. The summed E-state index contributed by atoms with van der Waals surface area (Å²) in [6.07, 6.45) is 2.06. The van der Waals surface area contributed by atoms with Crippen molar-refractivity contribution in [2.75, 3.05) is 14.1 Å². The summed E-state index contributed by atoms with van der Waals surface area (Å²) in [6, 6.07) is 14.4. The monoisotopic (exact) mass is 353 g/mol. The van der Waals surface area contributed by atoms with Crippen molar-refractivity contribution in [3.63, 3.8) is 0 Å². The van der Waals surface area contributed by atoms with E-state index < -0.39 is 0 Å². The SMILES string of the molecule is CN=C(NCc1nc(-c2ccccc2)cs1)N(C)Cc1cccn1C. The molecule has 0 unspecified atom stereocenters. The lowest BCUT2D eigenvalue weighted by Gasteiger charge is -2.22. The summed E-state index contributed by atoms with van der Waals surface area (Å²) in [6.45, 7) is 1.47. The van der Waals surface area contributed by atoms with Crippen molar-refractivity contribution in [1.29, 1.82) is 0 Å². The van der Waals surface area contributed by atoms with Gasteiger partial charge in [-0.25, -0.2) is 4.98 Å². The van der Waals surface area contributed by atoms with Crippen molar-refractivity contribution in [2.24, 2.45) is 12.0 Å². The molecule has 0 aliphatic rings. The fraction of sp³-hybridized carbons (Fsp3) is 0.263. The van der Waals surface area contributed by atoms with Crippen LogP contribution in [0.25, 0.3) is 11.3 Å². The molecular formula is C19H23N5S. The number of nitrogens with zero attached hydrogens (tertiary/aromatic N) is 4. The molecule has 3 aromatic rings. The molecule has 25 heavy (non-hydrogen) atoms. The van der Waals surface area contributed by atoms with Crippen molar-refractivity contribution in [3.8, 4) is 11.3 Å². The van der Waals surface area contributed by atoms with Gasteiger partial charge in [0.25, 0.3) is 0 Å². The van der Waals surface area contributed by atoms with Gasteiger partial charge in [0.05, 0.1) is 18.8 Å². The summed E-state index contributed by atoms with van der Waals surface area (Å²) >= 11 is 1.67. The van der Waals surface area contributed by atoms with Crippen LogP contribution in [0.5, 0.6) is 0 Å². The lowest BCUT2D eigenvalue weighted by atomic mass is 10.2. The molecule has 1 aromatic carbocycles. The van der Waals surface area contributed by atoms with E-state index in [0.717, 1.165) is 28.8 Å². The van der Waals surface area contributed by atoms with Crippen molar-refractivity contribution in [2.45, 2.75) is 13.1 Å². The highest BCUT2D eigenvalue weighted by Crippen LogP contribution is 2.21. The molecular weight excluding hydrogens is 330 g/mol. The molecule has 0 saturated carbocycles. The predicted octanol–water partition coefficient (Wildman–Crippen LogP) is 3.36. The molecule has 6 heteroatoms. The van der Waals surface area contributed by atoms with Crippen LogP contribution in [0.4, 0.5) is 0 Å². The maximum absolute atomic E-state index is 4.71. The van der Waals surface area contributed by atoms with Gasteiger partial charge in [0.1, 0.15) is 5.01 Å². The fourth-order valence-corrected chi connectivity index (χ4v) is 3.39. The van der Waals surface area contributed by atoms with E-state index >= 15 is 0 Å². The molecule has 0 amide bonds. The van der Waals surface area contributed by atoms with Crippen LogP contribution in [0.3, 0.4) is 0 Å². The Hall–Kier alpha value is -2.60. The van der Waals surface area contributed by atoms with E-state index in [4.69, 9.17) is 4.98 Å². The second kappa shape index (κ2) is 7.98. The van der Waals surface area contributed by atoms with Crippen LogP contribution >= 0.6 is 11.3 Å². The second-order valence-electron chi connectivity index (χ2n) is 5.86. The highest BCUT2D eigenvalue weighted by Gasteiger charge is 2.10. The second-order valence-corrected chi connectivity index (χ2v) is 6.80. The molecule has 0 fully saturated rings. The van der Waals surface area contributed by atoms with Crippen LogP contribution in [-0.4, -0.2) is 34.5 Å². The third-order valence-corrected chi connectivity index (χ3v) is 4.89. The van der Waals surface area contributed by atoms with Gasteiger partial charge in [-0.05, 0) is 12.1 Å². The zero-order valence-electron chi connectivity index (χ0n) is 14.8. The highest BCUT2D eigenvalue weighted by molar-refractivity contribution is 7.09. The standard InChI is InChI=1S/C19H23N5S/c1-20-19(24(3)13-16-10-7-11-23(16)2)21-12-18-22-17(14-25-18)15-8-5-4-6-9-15/h4-11,14H,12-13H2,1-3H3,(H,20,21). The first kappa shape index (κ1) is 17.2. The van der Waals surface area contributed by atoms with Crippen molar-refractivity contribution in [1.82, 2.24) is 19.8 Å². The zero-order valence-corrected chi connectivity index (χ0v) is 15.6. The van der Waals surface area contributed by atoms with Crippen LogP contribution in [0.15, 0.2) is 59.0 Å². The number of thiazole rings is 1.